The summed E-state index contributed by atoms with van der Waals surface area (Å²) in [5.41, 5.74) is 1.66. The minimum atomic E-state index is -1.08. The Hall–Kier alpha value is -2.34. The van der Waals surface area contributed by atoms with Crippen molar-refractivity contribution in [2.24, 2.45) is 0 Å². The first-order chi connectivity index (χ1) is 11.5. The van der Waals surface area contributed by atoms with Crippen LogP contribution in [-0.4, -0.2) is 29.1 Å². The Morgan fingerprint density at radius 1 is 1.21 bits per heavy atom. The summed E-state index contributed by atoms with van der Waals surface area (Å²) in [7, 11) is -1.08. The van der Waals surface area contributed by atoms with Gasteiger partial charge in [0.15, 0.2) is 0 Å². The van der Waals surface area contributed by atoms with Gasteiger partial charge in [0.25, 0.3) is 0 Å². The van der Waals surface area contributed by atoms with E-state index in [0.29, 0.717) is 17.1 Å². The van der Waals surface area contributed by atoms with Crippen LogP contribution in [0.25, 0.3) is 0 Å². The van der Waals surface area contributed by atoms with E-state index < -0.39 is 10.8 Å². The first-order valence-electron chi connectivity index (χ1n) is 7.66. The molecule has 24 heavy (non-hydrogen) atoms. The maximum atomic E-state index is 12.0. The molecule has 2 N–H and O–H groups in total. The fourth-order valence-corrected chi connectivity index (χ4v) is 2.67. The van der Waals surface area contributed by atoms with Crippen molar-refractivity contribution in [1.29, 1.82) is 0 Å². The maximum Gasteiger partial charge on any atom is 0.319 e. The Kier molecular flexibility index (Phi) is 6.37. The van der Waals surface area contributed by atoms with E-state index in [2.05, 4.69) is 10.6 Å². The van der Waals surface area contributed by atoms with E-state index in [1.165, 1.54) is 0 Å². The Morgan fingerprint density at radius 2 is 1.96 bits per heavy atom. The van der Waals surface area contributed by atoms with Gasteiger partial charge in [-0.1, -0.05) is 24.3 Å². The highest BCUT2D eigenvalue weighted by molar-refractivity contribution is 7.84. The summed E-state index contributed by atoms with van der Waals surface area (Å²) in [6, 6.07) is 14.4. The van der Waals surface area contributed by atoms with Crippen LogP contribution in [0.5, 0.6) is 5.75 Å². The maximum absolute atomic E-state index is 12.0. The van der Waals surface area contributed by atoms with Crippen LogP contribution in [0.4, 0.5) is 10.5 Å². The number of anilines is 1. The van der Waals surface area contributed by atoms with E-state index in [0.717, 1.165) is 11.3 Å². The number of carbonyl (C=O) groups excluding carboxylic acids is 1. The van der Waals surface area contributed by atoms with Crippen LogP contribution in [0.15, 0.2) is 53.4 Å². The van der Waals surface area contributed by atoms with E-state index in [4.69, 9.17) is 4.74 Å². The molecule has 0 radical (unpaired) electrons. The number of nitrogens with one attached hydrogen (secondary N) is 2. The van der Waals surface area contributed by atoms with Gasteiger partial charge in [0.2, 0.25) is 0 Å². The standard InChI is InChI=1S/C18H22N2O3S/c1-13-7-4-5-10-17(13)23-14(2)12-19-18(21)20-15-8-6-9-16(11-15)24(3)22/h4-11,14H,12H2,1-3H3,(H2,19,20,21)/t14-,24+/m1/s1. The summed E-state index contributed by atoms with van der Waals surface area (Å²) in [5.74, 6) is 0.810. The quantitative estimate of drug-likeness (QED) is 0.843. The average molecular weight is 346 g/mol. The third kappa shape index (κ3) is 5.38. The van der Waals surface area contributed by atoms with Gasteiger partial charge in [-0.05, 0) is 43.7 Å². The second-order valence-corrected chi connectivity index (χ2v) is 6.89. The number of para-hydroxylation sites is 1. The summed E-state index contributed by atoms with van der Waals surface area (Å²) >= 11 is 0. The predicted molar refractivity (Wildman–Crippen MR) is 97.1 cm³/mol. The zero-order valence-corrected chi connectivity index (χ0v) is 14.9. The van der Waals surface area contributed by atoms with E-state index in [1.807, 2.05) is 38.1 Å². The van der Waals surface area contributed by atoms with Crippen molar-refractivity contribution in [3.8, 4) is 5.75 Å². The minimum absolute atomic E-state index is 0.161. The molecule has 0 aromatic heterocycles. The van der Waals surface area contributed by atoms with Crippen LogP contribution < -0.4 is 15.4 Å². The van der Waals surface area contributed by atoms with Gasteiger partial charge in [0.1, 0.15) is 11.9 Å². The zero-order valence-electron chi connectivity index (χ0n) is 14.0. The molecule has 0 fully saturated rings. The number of aryl methyl sites for hydroxylation is 1. The van der Waals surface area contributed by atoms with E-state index in [-0.39, 0.29) is 12.1 Å². The fourth-order valence-electron chi connectivity index (χ4n) is 2.11. The van der Waals surface area contributed by atoms with E-state index >= 15 is 0 Å². The van der Waals surface area contributed by atoms with Gasteiger partial charge < -0.3 is 15.4 Å². The van der Waals surface area contributed by atoms with Crippen molar-refractivity contribution in [3.63, 3.8) is 0 Å². The molecular weight excluding hydrogens is 324 g/mol. The van der Waals surface area contributed by atoms with E-state index in [9.17, 15) is 9.00 Å². The van der Waals surface area contributed by atoms with Crippen LogP contribution in [-0.2, 0) is 10.8 Å². The molecule has 2 atom stereocenters. The van der Waals surface area contributed by atoms with E-state index in [1.54, 1.807) is 30.5 Å². The monoisotopic (exact) mass is 346 g/mol. The Morgan fingerprint density at radius 3 is 2.67 bits per heavy atom. The molecule has 5 nitrogen and oxygen atoms in total. The SMILES string of the molecule is Cc1ccccc1O[C@H](C)CNC(=O)Nc1cccc([S@](C)=O)c1. The van der Waals surface area contributed by atoms with Crippen LogP contribution in [0.3, 0.4) is 0 Å². The number of hydrogen-bond acceptors (Lipinski definition) is 3. The normalized spacial score (nSPS) is 13.0. The average Bonchev–Trinajstić information content (AvgIpc) is 2.55. The lowest BCUT2D eigenvalue weighted by atomic mass is 10.2. The third-order valence-corrected chi connectivity index (χ3v) is 4.31. The Balaban J connectivity index is 1.83. The van der Waals surface area contributed by atoms with Gasteiger partial charge in [0.05, 0.1) is 6.54 Å². The zero-order chi connectivity index (χ0) is 17.5. The topological polar surface area (TPSA) is 67.4 Å². The number of hydrogen-bond donors (Lipinski definition) is 2. The summed E-state index contributed by atoms with van der Waals surface area (Å²) < 4.78 is 17.3. The molecule has 0 heterocycles. The highest BCUT2D eigenvalue weighted by Crippen LogP contribution is 2.17. The van der Waals surface area contributed by atoms with Crippen molar-refractivity contribution in [2.75, 3.05) is 18.1 Å². The Bertz CT molecular complexity index is 734. The number of ether oxygens (including phenoxy) is 1. The minimum Gasteiger partial charge on any atom is -0.489 e. The number of urea groups is 1. The highest BCUT2D eigenvalue weighted by Gasteiger charge is 2.09. The predicted octanol–water partition coefficient (Wildman–Crippen LogP) is 3.32. The first kappa shape index (κ1) is 18.0. The number of carbonyl (C=O) groups is 1. The van der Waals surface area contributed by atoms with Crippen LogP contribution in [0, 0.1) is 6.92 Å². The lowest BCUT2D eigenvalue weighted by molar-refractivity contribution is 0.211. The molecule has 0 aliphatic rings. The number of rotatable bonds is 6. The van der Waals surface area contributed by atoms with Crippen molar-refractivity contribution < 1.29 is 13.7 Å². The lowest BCUT2D eigenvalue weighted by Crippen LogP contribution is -2.36. The van der Waals surface area contributed by atoms with Crippen molar-refractivity contribution >= 4 is 22.5 Å². The molecule has 2 aromatic rings. The van der Waals surface area contributed by atoms with Gasteiger partial charge in [-0.3, -0.25) is 4.21 Å². The fraction of sp³-hybridized carbons (Fsp3) is 0.278. The number of benzene rings is 2. The largest absolute Gasteiger partial charge is 0.489 e. The van der Waals surface area contributed by atoms with Gasteiger partial charge in [-0.15, -0.1) is 0 Å². The van der Waals surface area contributed by atoms with Crippen molar-refractivity contribution in [1.82, 2.24) is 5.32 Å². The summed E-state index contributed by atoms with van der Waals surface area (Å²) in [5, 5.41) is 5.50. The third-order valence-electron chi connectivity index (χ3n) is 3.40. The lowest BCUT2D eigenvalue weighted by Gasteiger charge is -2.17. The smallest absolute Gasteiger partial charge is 0.319 e. The Labute approximate surface area is 144 Å². The molecule has 0 unspecified atom stereocenters. The molecule has 2 amide bonds. The van der Waals surface area contributed by atoms with Gasteiger partial charge in [-0.25, -0.2) is 4.79 Å². The van der Waals surface area contributed by atoms with Crippen LogP contribution >= 0.6 is 0 Å². The molecule has 128 valence electrons. The molecule has 0 saturated heterocycles. The molecule has 2 aromatic carbocycles. The first-order valence-corrected chi connectivity index (χ1v) is 9.22. The molecule has 2 rings (SSSR count). The van der Waals surface area contributed by atoms with Gasteiger partial charge >= 0.3 is 6.03 Å². The highest BCUT2D eigenvalue weighted by atomic mass is 32.2. The molecule has 6 heteroatoms. The second kappa shape index (κ2) is 8.49. The van der Waals surface area contributed by atoms with Crippen molar-refractivity contribution in [2.45, 2.75) is 24.8 Å². The van der Waals surface area contributed by atoms with Gasteiger partial charge in [-0.2, -0.15) is 0 Å². The van der Waals surface area contributed by atoms with Crippen LogP contribution in [0.1, 0.15) is 12.5 Å². The summed E-state index contributed by atoms with van der Waals surface area (Å²) in [6.45, 7) is 4.25. The molecule has 0 spiro atoms. The van der Waals surface area contributed by atoms with Crippen LogP contribution in [0.2, 0.25) is 0 Å². The molecule has 0 aliphatic carbocycles. The second-order valence-electron chi connectivity index (χ2n) is 5.51. The molecule has 0 bridgehead atoms. The molecular formula is C18H22N2O3S. The summed E-state index contributed by atoms with van der Waals surface area (Å²) in [6.07, 6.45) is 1.44. The van der Waals surface area contributed by atoms with Gasteiger partial charge in [0, 0.05) is 27.6 Å². The molecule has 0 aliphatic heterocycles. The summed E-state index contributed by atoms with van der Waals surface area (Å²) in [4.78, 5) is 12.6. The molecule has 0 saturated carbocycles. The van der Waals surface area contributed by atoms with Crippen molar-refractivity contribution in [3.05, 3.63) is 54.1 Å². The number of amides is 2.